The predicted octanol–water partition coefficient (Wildman–Crippen LogP) is 9.83. The zero-order chi connectivity index (χ0) is 32.4. The van der Waals surface area contributed by atoms with Crippen molar-refractivity contribution < 1.29 is 8.98 Å². The van der Waals surface area contributed by atoms with Gasteiger partial charge in [0.05, 0.1) is 45.9 Å². The van der Waals surface area contributed by atoms with Gasteiger partial charge in [-0.05, 0) is 71.0 Å². The molecule has 0 bridgehead atoms. The summed E-state index contributed by atoms with van der Waals surface area (Å²) >= 11 is 0. The summed E-state index contributed by atoms with van der Waals surface area (Å²) in [5.74, 6) is 0.880. The molecule has 0 spiro atoms. The lowest BCUT2D eigenvalue weighted by atomic mass is 9.86. The van der Waals surface area contributed by atoms with E-state index in [4.69, 9.17) is 9.40 Å². The van der Waals surface area contributed by atoms with E-state index >= 15 is 0 Å². The molecule has 48 heavy (non-hydrogen) atoms. The molecule has 0 N–H and O–H groups in total. The van der Waals surface area contributed by atoms with Crippen molar-refractivity contribution in [3.63, 3.8) is 0 Å². The van der Waals surface area contributed by atoms with E-state index in [0.717, 1.165) is 56.6 Å². The quantitative estimate of drug-likeness (QED) is 0.142. The minimum absolute atomic E-state index is 0.00454. The second-order valence-corrected chi connectivity index (χ2v) is 13.6. The molecule has 5 nitrogen and oxygen atoms in total. The summed E-state index contributed by atoms with van der Waals surface area (Å²) in [6, 6.07) is 45.5. The molecule has 4 heterocycles. The lowest BCUT2D eigenvalue weighted by Gasteiger charge is -2.23. The molecule has 0 aliphatic heterocycles. The normalized spacial score (nSPS) is 12.1. The predicted molar refractivity (Wildman–Crippen MR) is 193 cm³/mol. The minimum Gasteiger partial charge on any atom is -0.463 e. The summed E-state index contributed by atoms with van der Waals surface area (Å²) in [7, 11) is 0. The van der Waals surface area contributed by atoms with Crippen LogP contribution >= 0.6 is 0 Å². The molecule has 0 aliphatic rings. The van der Waals surface area contributed by atoms with Gasteiger partial charge in [0, 0.05) is 16.2 Å². The molecule has 0 amide bonds. The van der Waals surface area contributed by atoms with Crippen LogP contribution in [0.4, 0.5) is 0 Å². The van der Waals surface area contributed by atoms with E-state index in [0.29, 0.717) is 0 Å². The number of imidazole rings is 1. The number of furan rings is 1. The maximum absolute atomic E-state index is 5.58. The van der Waals surface area contributed by atoms with Gasteiger partial charge < -0.3 is 4.42 Å². The third-order valence-corrected chi connectivity index (χ3v) is 9.39. The Bertz CT molecular complexity index is 2650. The van der Waals surface area contributed by atoms with Crippen LogP contribution in [0.5, 0.6) is 0 Å². The monoisotopic (exact) mass is 622 g/mol. The van der Waals surface area contributed by atoms with Gasteiger partial charge in [0.1, 0.15) is 5.82 Å². The summed E-state index contributed by atoms with van der Waals surface area (Å²) < 4.78 is 12.3. The van der Waals surface area contributed by atoms with Gasteiger partial charge in [-0.15, -0.1) is 0 Å². The zero-order valence-corrected chi connectivity index (χ0v) is 27.2. The molecule has 0 atom stereocenters. The number of hydrogen-bond acceptors (Lipinski definition) is 2. The van der Waals surface area contributed by atoms with Crippen molar-refractivity contribution in [2.24, 2.45) is 0 Å². The molecule has 9 aromatic rings. The van der Waals surface area contributed by atoms with E-state index in [1.807, 2.05) is 12.3 Å². The van der Waals surface area contributed by atoms with Gasteiger partial charge in [-0.3, -0.25) is 13.7 Å². The average molecular weight is 623 g/mol. The van der Waals surface area contributed by atoms with Crippen LogP contribution in [-0.4, -0.2) is 14.1 Å². The fourth-order valence-electron chi connectivity index (χ4n) is 7.13. The van der Waals surface area contributed by atoms with E-state index < -0.39 is 0 Å². The Kier molecular flexibility index (Phi) is 6.37. The molecule has 5 aromatic carbocycles. The van der Waals surface area contributed by atoms with Crippen molar-refractivity contribution in [1.29, 1.82) is 0 Å². The first-order chi connectivity index (χ1) is 23.4. The molecule has 0 saturated heterocycles. The number of benzene rings is 5. The summed E-state index contributed by atoms with van der Waals surface area (Å²) in [5, 5.41) is 3.47. The van der Waals surface area contributed by atoms with Crippen LogP contribution in [0.25, 0.3) is 61.0 Å². The maximum atomic E-state index is 5.58. The average Bonchev–Trinajstić information content (AvgIpc) is 3.82. The van der Waals surface area contributed by atoms with Gasteiger partial charge in [0.2, 0.25) is 0 Å². The van der Waals surface area contributed by atoms with E-state index in [2.05, 4.69) is 162 Å². The van der Waals surface area contributed by atoms with Crippen molar-refractivity contribution in [3.8, 4) is 17.2 Å². The Balaban J connectivity index is 1.13. The first-order valence-corrected chi connectivity index (χ1v) is 16.4. The number of nitrogens with zero attached hydrogens (tertiary/aromatic N) is 4. The highest BCUT2D eigenvalue weighted by atomic mass is 16.3. The molecule has 0 fully saturated rings. The van der Waals surface area contributed by atoms with Crippen molar-refractivity contribution >= 4 is 43.8 Å². The number of rotatable bonds is 5. The fourth-order valence-corrected chi connectivity index (χ4v) is 7.13. The third kappa shape index (κ3) is 4.62. The Morgan fingerprint density at radius 2 is 1.48 bits per heavy atom. The van der Waals surface area contributed by atoms with Crippen molar-refractivity contribution in [2.45, 2.75) is 32.6 Å². The van der Waals surface area contributed by atoms with E-state index in [1.54, 1.807) is 6.26 Å². The molecule has 5 heteroatoms. The standard InChI is InChI=1S/C43H34N4O/c1-43(2,3)35-14-5-7-16-37(35)46-28-45(38-17-8-9-18-39(38)46)32-12-10-11-29(24-32)23-30-19-20-34-33-13-4-6-15-36(33)47(40(34)25-30)42-26-31-21-22-48-41(31)27-44-42/h4-22,24-27H,23H2,1-3H3. The number of fused-ring (bicyclic) bond motifs is 5. The molecular formula is C43H34N4O. The Morgan fingerprint density at radius 3 is 2.38 bits per heavy atom. The first-order valence-electron chi connectivity index (χ1n) is 16.4. The Hall–Kier alpha value is -5.94. The van der Waals surface area contributed by atoms with Crippen LogP contribution in [0.1, 0.15) is 37.5 Å². The third-order valence-electron chi connectivity index (χ3n) is 9.39. The molecule has 232 valence electrons. The molecule has 0 unspecified atom stereocenters. The lowest BCUT2D eigenvalue weighted by Crippen LogP contribution is -2.33. The van der Waals surface area contributed by atoms with E-state index in [1.165, 1.54) is 27.5 Å². The van der Waals surface area contributed by atoms with Crippen LogP contribution in [0.3, 0.4) is 0 Å². The fraction of sp³-hybridized carbons (Fsp3) is 0.116. The number of para-hydroxylation sites is 4. The maximum Gasteiger partial charge on any atom is 0.269 e. The second-order valence-electron chi connectivity index (χ2n) is 13.6. The van der Waals surface area contributed by atoms with E-state index in [9.17, 15) is 0 Å². The molecule has 0 radical (unpaired) electrons. The number of aromatic nitrogens is 4. The zero-order valence-electron chi connectivity index (χ0n) is 27.2. The van der Waals surface area contributed by atoms with Crippen LogP contribution in [0, 0.1) is 6.33 Å². The van der Waals surface area contributed by atoms with Crippen LogP contribution in [0.2, 0.25) is 0 Å². The highest BCUT2D eigenvalue weighted by Gasteiger charge is 2.21. The second kappa shape index (κ2) is 10.8. The molecule has 4 aromatic heterocycles. The highest BCUT2D eigenvalue weighted by Crippen LogP contribution is 2.34. The number of hydrogen-bond donors (Lipinski definition) is 0. The minimum atomic E-state index is -0.00454. The Labute approximate surface area is 278 Å². The summed E-state index contributed by atoms with van der Waals surface area (Å²) in [5.41, 5.74) is 11.3. The first kappa shape index (κ1) is 28.3. The van der Waals surface area contributed by atoms with Crippen LogP contribution in [-0.2, 0) is 11.8 Å². The smallest absolute Gasteiger partial charge is 0.269 e. The summed E-state index contributed by atoms with van der Waals surface area (Å²) in [6.45, 7) is 6.79. The SMILES string of the molecule is CC(C)(C)c1ccccc1-[n+]1[c-]n(-c2cccc(Cc3ccc4c5ccccc5n(-c5cc6ccoc6cn5)c4c3)c2)c2ccccc21. The van der Waals surface area contributed by atoms with Crippen LogP contribution in [0.15, 0.2) is 144 Å². The molecule has 0 saturated carbocycles. The van der Waals surface area contributed by atoms with Crippen molar-refractivity contribution in [3.05, 3.63) is 163 Å². The van der Waals surface area contributed by atoms with Crippen LogP contribution < -0.4 is 4.57 Å². The topological polar surface area (TPSA) is 39.8 Å². The summed E-state index contributed by atoms with van der Waals surface area (Å²) in [6.07, 6.45) is 8.04. The van der Waals surface area contributed by atoms with E-state index in [-0.39, 0.29) is 5.41 Å². The van der Waals surface area contributed by atoms with Gasteiger partial charge in [-0.25, -0.2) is 4.98 Å². The van der Waals surface area contributed by atoms with Gasteiger partial charge in [-0.1, -0.05) is 106 Å². The van der Waals surface area contributed by atoms with Crippen molar-refractivity contribution in [2.75, 3.05) is 0 Å². The molecule has 9 rings (SSSR count). The van der Waals surface area contributed by atoms with Crippen molar-refractivity contribution in [1.82, 2.24) is 14.1 Å². The lowest BCUT2D eigenvalue weighted by molar-refractivity contribution is -0.573. The summed E-state index contributed by atoms with van der Waals surface area (Å²) in [4.78, 5) is 4.81. The van der Waals surface area contributed by atoms with Gasteiger partial charge >= 0.3 is 0 Å². The molecule has 0 aliphatic carbocycles. The largest absolute Gasteiger partial charge is 0.463 e. The highest BCUT2D eigenvalue weighted by molar-refractivity contribution is 6.09. The number of pyridine rings is 1. The van der Waals surface area contributed by atoms with Gasteiger partial charge in [0.15, 0.2) is 5.58 Å². The Morgan fingerprint density at radius 1 is 0.708 bits per heavy atom. The van der Waals surface area contributed by atoms with Gasteiger partial charge in [-0.2, -0.15) is 0 Å². The van der Waals surface area contributed by atoms with Gasteiger partial charge in [0.25, 0.3) is 6.33 Å². The molecular weight excluding hydrogens is 589 g/mol.